The van der Waals surface area contributed by atoms with Crippen LogP contribution in [0, 0.1) is 0 Å². The van der Waals surface area contributed by atoms with Crippen LogP contribution in [0.2, 0.25) is 0 Å². The van der Waals surface area contributed by atoms with Gasteiger partial charge < -0.3 is 5.73 Å². The van der Waals surface area contributed by atoms with E-state index in [0.29, 0.717) is 11.5 Å². The largest absolute Gasteiger partial charge is 0.399 e. The Kier molecular flexibility index (Phi) is 2.98. The lowest BCUT2D eigenvalue weighted by Crippen LogP contribution is -1.90. The maximum atomic E-state index is 5.76. The van der Waals surface area contributed by atoms with E-state index < -0.39 is 0 Å². The van der Waals surface area contributed by atoms with Crippen LogP contribution in [0.15, 0.2) is 54.6 Å². The second-order valence-electron chi connectivity index (χ2n) is 4.39. The molecule has 0 bridgehead atoms. The van der Waals surface area contributed by atoms with E-state index in [0.717, 1.165) is 17.8 Å². The van der Waals surface area contributed by atoms with Gasteiger partial charge in [0.2, 0.25) is 0 Å². The molecule has 0 aliphatic rings. The number of nitrogens with zero attached hydrogens (tertiary/aromatic N) is 2. The van der Waals surface area contributed by atoms with Crippen molar-refractivity contribution in [2.75, 3.05) is 5.73 Å². The van der Waals surface area contributed by atoms with Crippen LogP contribution in [0.25, 0.3) is 11.4 Å². The molecule has 4 heteroatoms. The van der Waals surface area contributed by atoms with Gasteiger partial charge in [0.15, 0.2) is 5.82 Å². The van der Waals surface area contributed by atoms with Gasteiger partial charge >= 0.3 is 0 Å². The summed E-state index contributed by atoms with van der Waals surface area (Å²) >= 11 is 0. The number of nitrogens with one attached hydrogen (secondary N) is 1. The molecule has 0 atom stereocenters. The molecule has 0 saturated heterocycles. The topological polar surface area (TPSA) is 67.6 Å². The van der Waals surface area contributed by atoms with E-state index in [1.165, 1.54) is 5.56 Å². The van der Waals surface area contributed by atoms with E-state index in [-0.39, 0.29) is 0 Å². The molecule has 0 saturated carbocycles. The highest BCUT2D eigenvalue weighted by atomic mass is 15.2. The number of anilines is 1. The molecule has 0 aliphatic carbocycles. The molecule has 4 nitrogen and oxygen atoms in total. The fourth-order valence-electron chi connectivity index (χ4n) is 1.97. The van der Waals surface area contributed by atoms with Gasteiger partial charge in [-0.15, -0.1) is 0 Å². The Hall–Kier alpha value is -2.62. The highest BCUT2D eigenvalue weighted by Crippen LogP contribution is 2.17. The summed E-state index contributed by atoms with van der Waals surface area (Å²) in [4.78, 5) is 4.49. The molecule has 94 valence electrons. The van der Waals surface area contributed by atoms with Gasteiger partial charge in [0, 0.05) is 17.7 Å². The first-order valence-corrected chi connectivity index (χ1v) is 6.12. The summed E-state index contributed by atoms with van der Waals surface area (Å²) in [5, 5.41) is 7.20. The first-order valence-electron chi connectivity index (χ1n) is 6.12. The lowest BCUT2D eigenvalue weighted by molar-refractivity contribution is 0.973. The molecule has 0 radical (unpaired) electrons. The zero-order chi connectivity index (χ0) is 13.1. The fourth-order valence-corrected chi connectivity index (χ4v) is 1.97. The minimum atomic E-state index is 0.679. The third-order valence-electron chi connectivity index (χ3n) is 2.89. The van der Waals surface area contributed by atoms with E-state index in [9.17, 15) is 0 Å². The molecule has 0 spiro atoms. The Bertz CT molecular complexity index is 673. The second-order valence-corrected chi connectivity index (χ2v) is 4.39. The van der Waals surface area contributed by atoms with Crippen molar-refractivity contribution < 1.29 is 0 Å². The van der Waals surface area contributed by atoms with Crippen LogP contribution < -0.4 is 5.73 Å². The number of hydrogen-bond donors (Lipinski definition) is 2. The van der Waals surface area contributed by atoms with Crippen molar-refractivity contribution in [1.82, 2.24) is 15.2 Å². The zero-order valence-corrected chi connectivity index (χ0v) is 10.4. The summed E-state index contributed by atoms with van der Waals surface area (Å²) in [6.07, 6.45) is 0.746. The van der Waals surface area contributed by atoms with E-state index in [2.05, 4.69) is 27.3 Å². The molecule has 0 amide bonds. The summed E-state index contributed by atoms with van der Waals surface area (Å²) in [6, 6.07) is 17.8. The Morgan fingerprint density at radius 3 is 2.63 bits per heavy atom. The van der Waals surface area contributed by atoms with Gasteiger partial charge in [-0.3, -0.25) is 5.10 Å². The van der Waals surface area contributed by atoms with E-state index in [4.69, 9.17) is 5.73 Å². The van der Waals surface area contributed by atoms with Gasteiger partial charge in [0.05, 0.1) is 0 Å². The third-order valence-corrected chi connectivity index (χ3v) is 2.89. The molecule has 0 aliphatic heterocycles. The summed E-state index contributed by atoms with van der Waals surface area (Å²) in [7, 11) is 0. The van der Waals surface area contributed by atoms with Gasteiger partial charge in [-0.2, -0.15) is 5.10 Å². The van der Waals surface area contributed by atoms with Crippen molar-refractivity contribution in [2.24, 2.45) is 0 Å². The SMILES string of the molecule is Nc1cccc(-c2n[nH]c(Cc3ccccc3)n2)c1. The summed E-state index contributed by atoms with van der Waals surface area (Å²) in [5.41, 5.74) is 8.61. The monoisotopic (exact) mass is 250 g/mol. The third kappa shape index (κ3) is 2.63. The molecule has 1 heterocycles. The summed E-state index contributed by atoms with van der Waals surface area (Å²) in [5.74, 6) is 1.53. The summed E-state index contributed by atoms with van der Waals surface area (Å²) in [6.45, 7) is 0. The Morgan fingerprint density at radius 2 is 1.84 bits per heavy atom. The minimum absolute atomic E-state index is 0.679. The molecule has 0 fully saturated rings. The lowest BCUT2D eigenvalue weighted by Gasteiger charge is -1.97. The maximum absolute atomic E-state index is 5.76. The van der Waals surface area contributed by atoms with Gasteiger partial charge in [-0.05, 0) is 17.7 Å². The number of rotatable bonds is 3. The van der Waals surface area contributed by atoms with Crippen molar-refractivity contribution in [3.8, 4) is 11.4 Å². The normalized spacial score (nSPS) is 10.5. The summed E-state index contributed by atoms with van der Waals surface area (Å²) < 4.78 is 0. The average molecular weight is 250 g/mol. The number of nitrogen functional groups attached to an aromatic ring is 1. The fraction of sp³-hybridized carbons (Fsp3) is 0.0667. The van der Waals surface area contributed by atoms with Crippen molar-refractivity contribution >= 4 is 5.69 Å². The van der Waals surface area contributed by atoms with Crippen molar-refractivity contribution in [3.05, 3.63) is 66.0 Å². The van der Waals surface area contributed by atoms with E-state index >= 15 is 0 Å². The Balaban J connectivity index is 1.84. The van der Waals surface area contributed by atoms with Crippen LogP contribution in [-0.4, -0.2) is 15.2 Å². The van der Waals surface area contributed by atoms with E-state index in [1.807, 2.05) is 42.5 Å². The Morgan fingerprint density at radius 1 is 1.00 bits per heavy atom. The number of benzene rings is 2. The Labute approximate surface area is 111 Å². The van der Waals surface area contributed by atoms with E-state index in [1.54, 1.807) is 0 Å². The minimum Gasteiger partial charge on any atom is -0.399 e. The predicted octanol–water partition coefficient (Wildman–Crippen LogP) is 2.64. The number of nitrogens with two attached hydrogens (primary N) is 1. The van der Waals surface area contributed by atoms with Crippen LogP contribution in [0.5, 0.6) is 0 Å². The van der Waals surface area contributed by atoms with Crippen LogP contribution in [-0.2, 0) is 6.42 Å². The van der Waals surface area contributed by atoms with Crippen molar-refractivity contribution in [2.45, 2.75) is 6.42 Å². The predicted molar refractivity (Wildman–Crippen MR) is 75.5 cm³/mol. The standard InChI is InChI=1S/C15H14N4/c16-13-8-4-7-12(10-13)15-17-14(18-19-15)9-11-5-2-1-3-6-11/h1-8,10H,9,16H2,(H,17,18,19). The van der Waals surface area contributed by atoms with Gasteiger partial charge in [-0.1, -0.05) is 42.5 Å². The quantitative estimate of drug-likeness (QED) is 0.702. The van der Waals surface area contributed by atoms with Crippen LogP contribution in [0.4, 0.5) is 5.69 Å². The molecule has 3 N–H and O–H groups in total. The van der Waals surface area contributed by atoms with Gasteiger partial charge in [-0.25, -0.2) is 4.98 Å². The molecular formula is C15H14N4. The number of aromatic nitrogens is 3. The molecule has 1 aromatic heterocycles. The van der Waals surface area contributed by atoms with Crippen LogP contribution >= 0.6 is 0 Å². The van der Waals surface area contributed by atoms with Crippen molar-refractivity contribution in [3.63, 3.8) is 0 Å². The highest BCUT2D eigenvalue weighted by Gasteiger charge is 2.06. The molecular weight excluding hydrogens is 236 g/mol. The van der Waals surface area contributed by atoms with Gasteiger partial charge in [0.1, 0.15) is 5.82 Å². The maximum Gasteiger partial charge on any atom is 0.181 e. The first kappa shape index (κ1) is 11.5. The zero-order valence-electron chi connectivity index (χ0n) is 10.4. The van der Waals surface area contributed by atoms with Gasteiger partial charge in [0.25, 0.3) is 0 Å². The molecule has 3 aromatic rings. The second kappa shape index (κ2) is 4.94. The molecule has 0 unspecified atom stereocenters. The number of aromatic amines is 1. The molecule has 19 heavy (non-hydrogen) atoms. The van der Waals surface area contributed by atoms with Crippen LogP contribution in [0.1, 0.15) is 11.4 Å². The first-order chi connectivity index (χ1) is 9.31. The van der Waals surface area contributed by atoms with Crippen LogP contribution in [0.3, 0.4) is 0 Å². The number of hydrogen-bond acceptors (Lipinski definition) is 3. The lowest BCUT2D eigenvalue weighted by atomic mass is 10.1. The highest BCUT2D eigenvalue weighted by molar-refractivity contribution is 5.60. The van der Waals surface area contributed by atoms with Crippen molar-refractivity contribution in [1.29, 1.82) is 0 Å². The smallest absolute Gasteiger partial charge is 0.181 e. The molecule has 2 aromatic carbocycles. The average Bonchev–Trinajstić information content (AvgIpc) is 2.88. The molecule has 3 rings (SSSR count). The number of H-pyrrole nitrogens is 1.